The van der Waals surface area contributed by atoms with Crippen LogP contribution in [0.25, 0.3) is 0 Å². The zero-order valence-electron chi connectivity index (χ0n) is 34.1. The number of aliphatic hydroxyl groups is 4. The number of hydrogen-bond acceptors (Lipinski definition) is 7. The van der Waals surface area contributed by atoms with Crippen molar-refractivity contribution in [1.82, 2.24) is 0 Å². The molecule has 1 heterocycles. The van der Waals surface area contributed by atoms with Crippen LogP contribution in [0.1, 0.15) is 114 Å². The van der Waals surface area contributed by atoms with Crippen LogP contribution in [0, 0.1) is 23.4 Å². The molecule has 4 N–H and O–H groups in total. The van der Waals surface area contributed by atoms with E-state index in [0.29, 0.717) is 19.4 Å². The first-order valence-corrected chi connectivity index (χ1v) is 21.5. The quantitative estimate of drug-likeness (QED) is 0.0578. The summed E-state index contributed by atoms with van der Waals surface area (Å²) in [6.45, 7) is 20.5. The Kier molecular flexibility index (Phi) is 16.6. The van der Waals surface area contributed by atoms with E-state index in [0.717, 1.165) is 47.2 Å². The highest BCUT2D eigenvalue weighted by atomic mass is 28.4. The van der Waals surface area contributed by atoms with Gasteiger partial charge < -0.3 is 34.3 Å². The fourth-order valence-corrected chi connectivity index (χ4v) is 12.5. The Morgan fingerprint density at radius 2 is 1.55 bits per heavy atom. The number of aliphatic hydroxyl groups excluding tert-OH is 3. The Hall–Kier alpha value is -2.74. The molecule has 1 fully saturated rings. The summed E-state index contributed by atoms with van der Waals surface area (Å²) in [6, 6.07) is 20.9. The van der Waals surface area contributed by atoms with E-state index in [2.05, 4.69) is 88.3 Å². The number of unbranched alkanes of at least 4 members (excludes halogenated alkanes) is 2. The van der Waals surface area contributed by atoms with Crippen molar-refractivity contribution in [3.63, 3.8) is 0 Å². The second kappa shape index (κ2) is 19.7. The molecular weight excluding hydrogens is 681 g/mol. The third-order valence-corrected chi connectivity index (χ3v) is 15.9. The number of hydrogen-bond donors (Lipinski definition) is 4. The van der Waals surface area contributed by atoms with Gasteiger partial charge in [-0.25, -0.2) is 0 Å². The van der Waals surface area contributed by atoms with Crippen molar-refractivity contribution in [3.8, 4) is 12.0 Å². The molecule has 1 saturated heterocycles. The summed E-state index contributed by atoms with van der Waals surface area (Å²) in [5.41, 5.74) is 0.667. The predicted octanol–water partition coefficient (Wildman–Crippen LogP) is 7.40. The van der Waals surface area contributed by atoms with Crippen LogP contribution in [0.4, 0.5) is 0 Å². The van der Waals surface area contributed by atoms with Crippen LogP contribution < -0.4 is 10.4 Å². The van der Waals surface area contributed by atoms with E-state index in [4.69, 9.17) is 13.9 Å². The first-order chi connectivity index (χ1) is 24.9. The lowest BCUT2D eigenvalue weighted by Crippen LogP contribution is -2.68. The molecule has 7 nitrogen and oxygen atoms in total. The molecule has 0 spiro atoms. The molecule has 0 bridgehead atoms. The van der Waals surface area contributed by atoms with Crippen molar-refractivity contribution in [1.29, 1.82) is 0 Å². The standard InChI is InChI=1S/C45H68O7Si/c1-11-13-16-21-36(46)27-26-33(3)41(47)44(9,10)42(48)35(5)30-34(4)40-31-37(32-45(49,51-40)28-29-50-12-2)52-53(43(6,7)8,38-22-17-14-18-23-38)39-24-19-15-20-25-39/h14-15,17-20,22-26,30,35-37,40-42,46-49H,11-13,16,21,27,31-32H2,1-10H3/b33-26+,34-30+/t35-,36+,37-,40-,41+,42-,45?/m0/s1. The van der Waals surface area contributed by atoms with Crippen LogP contribution in [-0.2, 0) is 13.9 Å². The van der Waals surface area contributed by atoms with Crippen molar-refractivity contribution in [2.24, 2.45) is 11.3 Å². The fraction of sp³-hybridized carbons (Fsp3) is 0.600. The van der Waals surface area contributed by atoms with Crippen LogP contribution in [0.2, 0.25) is 5.04 Å². The number of benzene rings is 2. The molecule has 8 heteroatoms. The molecule has 0 saturated carbocycles. The minimum Gasteiger partial charge on any atom is -0.447 e. The van der Waals surface area contributed by atoms with Gasteiger partial charge in [-0.15, -0.1) is 0 Å². The molecule has 7 atom stereocenters. The van der Waals surface area contributed by atoms with E-state index in [9.17, 15) is 20.4 Å². The van der Waals surface area contributed by atoms with Gasteiger partial charge in [-0.05, 0) is 60.2 Å². The minimum absolute atomic E-state index is 0.137. The highest BCUT2D eigenvalue weighted by Crippen LogP contribution is 2.42. The average Bonchev–Trinajstić information content (AvgIpc) is 3.12. The van der Waals surface area contributed by atoms with Crippen LogP contribution in [0.15, 0.2) is 84.0 Å². The van der Waals surface area contributed by atoms with E-state index in [-0.39, 0.29) is 17.4 Å². The molecule has 53 heavy (non-hydrogen) atoms. The Morgan fingerprint density at radius 3 is 2.08 bits per heavy atom. The summed E-state index contributed by atoms with van der Waals surface area (Å²) in [5, 5.41) is 47.5. The van der Waals surface area contributed by atoms with Crippen LogP contribution in [0.5, 0.6) is 0 Å². The summed E-state index contributed by atoms with van der Waals surface area (Å²) in [4.78, 5) is 0. The van der Waals surface area contributed by atoms with Gasteiger partial charge in [0.05, 0.1) is 37.1 Å². The Morgan fingerprint density at radius 1 is 0.962 bits per heavy atom. The van der Waals surface area contributed by atoms with Gasteiger partial charge in [0.2, 0.25) is 5.79 Å². The molecule has 0 radical (unpaired) electrons. The van der Waals surface area contributed by atoms with Crippen molar-refractivity contribution < 1.29 is 34.3 Å². The van der Waals surface area contributed by atoms with Gasteiger partial charge in [-0.1, -0.05) is 141 Å². The first kappa shape index (κ1) is 44.7. The molecule has 0 amide bonds. The predicted molar refractivity (Wildman–Crippen MR) is 218 cm³/mol. The Balaban J connectivity index is 1.95. The fourth-order valence-electron chi connectivity index (χ4n) is 7.76. The van der Waals surface area contributed by atoms with Crippen molar-refractivity contribution in [3.05, 3.63) is 84.0 Å². The maximum atomic E-state index is 11.9. The van der Waals surface area contributed by atoms with E-state index >= 15 is 0 Å². The van der Waals surface area contributed by atoms with E-state index in [1.807, 2.05) is 65.8 Å². The monoisotopic (exact) mass is 748 g/mol. The van der Waals surface area contributed by atoms with Crippen molar-refractivity contribution >= 4 is 18.7 Å². The maximum absolute atomic E-state index is 11.9. The van der Waals surface area contributed by atoms with Gasteiger partial charge in [0.25, 0.3) is 8.32 Å². The molecule has 2 aromatic rings. The molecule has 294 valence electrons. The minimum atomic E-state index is -2.98. The Bertz CT molecular complexity index is 1480. The van der Waals surface area contributed by atoms with Gasteiger partial charge in [0.1, 0.15) is 6.11 Å². The van der Waals surface area contributed by atoms with Crippen LogP contribution in [-0.4, -0.2) is 71.7 Å². The van der Waals surface area contributed by atoms with Crippen LogP contribution in [0.3, 0.4) is 0 Å². The topological polar surface area (TPSA) is 109 Å². The molecule has 2 aromatic carbocycles. The third-order valence-electron chi connectivity index (χ3n) is 10.8. The highest BCUT2D eigenvalue weighted by molar-refractivity contribution is 6.99. The zero-order chi connectivity index (χ0) is 39.5. The van der Waals surface area contributed by atoms with Crippen molar-refractivity contribution in [2.75, 3.05) is 6.61 Å². The summed E-state index contributed by atoms with van der Waals surface area (Å²) in [7, 11) is -2.98. The van der Waals surface area contributed by atoms with Crippen LogP contribution >= 0.6 is 0 Å². The molecule has 1 unspecified atom stereocenters. The molecule has 3 rings (SSSR count). The second-order valence-electron chi connectivity index (χ2n) is 16.7. The van der Waals surface area contributed by atoms with Crippen molar-refractivity contribution in [2.45, 2.75) is 156 Å². The largest absolute Gasteiger partial charge is 0.447 e. The van der Waals surface area contributed by atoms with E-state index in [1.54, 1.807) is 0 Å². The summed E-state index contributed by atoms with van der Waals surface area (Å²) in [6.07, 6.45) is 8.24. The van der Waals surface area contributed by atoms with Gasteiger partial charge in [-0.3, -0.25) is 0 Å². The average molecular weight is 749 g/mol. The lowest BCUT2D eigenvalue weighted by Gasteiger charge is -2.48. The van der Waals surface area contributed by atoms with Gasteiger partial charge in [0, 0.05) is 30.1 Å². The number of rotatable bonds is 17. The normalized spacial score (nSPS) is 22.7. The lowest BCUT2D eigenvalue weighted by atomic mass is 9.73. The van der Waals surface area contributed by atoms with E-state index in [1.165, 1.54) is 0 Å². The Labute approximate surface area is 321 Å². The number of ether oxygens (including phenoxy) is 2. The molecule has 0 aliphatic carbocycles. The first-order valence-electron chi connectivity index (χ1n) is 19.6. The summed E-state index contributed by atoms with van der Waals surface area (Å²) >= 11 is 0. The highest BCUT2D eigenvalue weighted by Gasteiger charge is 2.53. The summed E-state index contributed by atoms with van der Waals surface area (Å²) in [5.74, 6) is 0.648. The SMILES string of the molecule is CCCCC[C@@H](O)C/C=C(\C)[C@@H](O)C(C)(C)[C@@H](O)[C@@H](C)/C=C(\C)[C@@H]1C[C@H](O[Si](c2ccccc2)(c2ccccc2)C(C)(C)C)CC(O)(C#COCC)O1. The lowest BCUT2D eigenvalue weighted by molar-refractivity contribution is -0.225. The maximum Gasteiger partial charge on any atom is 0.261 e. The van der Waals surface area contributed by atoms with Gasteiger partial charge in [0.15, 0.2) is 0 Å². The summed E-state index contributed by atoms with van der Waals surface area (Å²) < 4.78 is 19.2. The van der Waals surface area contributed by atoms with Gasteiger partial charge >= 0.3 is 0 Å². The zero-order valence-corrected chi connectivity index (χ0v) is 35.1. The third kappa shape index (κ3) is 11.6. The molecule has 1 aliphatic rings. The molecule has 0 aromatic heterocycles. The second-order valence-corrected chi connectivity index (χ2v) is 20.9. The molecule has 1 aliphatic heterocycles. The van der Waals surface area contributed by atoms with E-state index < -0.39 is 50.0 Å². The van der Waals surface area contributed by atoms with Gasteiger partial charge in [-0.2, -0.15) is 0 Å². The molecular formula is C45H68O7Si. The smallest absolute Gasteiger partial charge is 0.261 e.